The number of rotatable bonds is 13. The second kappa shape index (κ2) is 13.7. The molecule has 163 valence electrons. The van der Waals surface area contributed by atoms with E-state index in [0.717, 1.165) is 5.92 Å². The van der Waals surface area contributed by atoms with Gasteiger partial charge in [0.25, 0.3) is 0 Å². The van der Waals surface area contributed by atoms with Gasteiger partial charge in [-0.05, 0) is 73.1 Å². The van der Waals surface area contributed by atoms with Crippen molar-refractivity contribution in [1.29, 1.82) is 0 Å². The molecule has 0 saturated heterocycles. The second-order valence-electron chi connectivity index (χ2n) is 9.47. The van der Waals surface area contributed by atoms with Crippen LogP contribution in [-0.2, 0) is 12.8 Å². The first kappa shape index (κ1) is 23.1. The van der Waals surface area contributed by atoms with E-state index >= 15 is 0 Å². The zero-order chi connectivity index (χ0) is 20.9. The third-order valence-corrected chi connectivity index (χ3v) is 6.96. The summed E-state index contributed by atoms with van der Waals surface area (Å²) >= 11 is 0. The Bertz CT molecular complexity index is 673. The molecule has 0 heteroatoms. The fourth-order valence-corrected chi connectivity index (χ4v) is 4.85. The number of benzene rings is 2. The molecule has 0 nitrogen and oxygen atoms in total. The Morgan fingerprint density at radius 3 is 1.67 bits per heavy atom. The zero-order valence-electron chi connectivity index (χ0n) is 19.4. The predicted octanol–water partition coefficient (Wildman–Crippen LogP) is 9.36. The molecule has 1 fully saturated rings. The monoisotopic (exact) mass is 403 g/mol. The van der Waals surface area contributed by atoms with Crippen molar-refractivity contribution in [3.8, 4) is 11.1 Å². The molecule has 30 heavy (non-hydrogen) atoms. The summed E-state index contributed by atoms with van der Waals surface area (Å²) in [5.74, 6) is 0.947. The molecule has 0 spiro atoms. The molecule has 0 aromatic heterocycles. The number of unbranched alkanes of at least 4 members (excludes halogenated alkanes) is 7. The molecule has 2 aromatic carbocycles. The van der Waals surface area contributed by atoms with Gasteiger partial charge in [-0.1, -0.05) is 113 Å². The fourth-order valence-electron chi connectivity index (χ4n) is 4.85. The Balaban J connectivity index is 1.36. The van der Waals surface area contributed by atoms with Gasteiger partial charge < -0.3 is 0 Å². The summed E-state index contributed by atoms with van der Waals surface area (Å²) < 4.78 is 0. The second-order valence-corrected chi connectivity index (χ2v) is 9.47. The lowest BCUT2D eigenvalue weighted by atomic mass is 9.85. The zero-order valence-corrected chi connectivity index (χ0v) is 19.4. The Hall–Kier alpha value is -1.56. The summed E-state index contributed by atoms with van der Waals surface area (Å²) in [6.45, 7) is 2.29. The minimum atomic E-state index is 0.947. The highest BCUT2D eigenvalue weighted by molar-refractivity contribution is 5.63. The fraction of sp³-hybridized carbons (Fsp3) is 0.567. The van der Waals surface area contributed by atoms with E-state index in [1.165, 1.54) is 119 Å². The van der Waals surface area contributed by atoms with Crippen LogP contribution in [-0.4, -0.2) is 0 Å². The molecule has 0 N–H and O–H groups in total. The Morgan fingerprint density at radius 2 is 1.10 bits per heavy atom. The van der Waals surface area contributed by atoms with E-state index in [-0.39, 0.29) is 0 Å². The van der Waals surface area contributed by atoms with Crippen molar-refractivity contribution >= 4 is 0 Å². The topological polar surface area (TPSA) is 0 Å². The van der Waals surface area contributed by atoms with Crippen LogP contribution >= 0.6 is 0 Å². The molecular formula is C30H43. The van der Waals surface area contributed by atoms with Gasteiger partial charge >= 0.3 is 0 Å². The standard InChI is InChI=1S/C30H43/c1-2-3-4-5-6-7-8-10-15-27-18-22-29(23-19-27)30-24-20-28(21-25-30)17-16-26-13-11-9-12-14-26/h9,18-26H,2-8,10-17H2,1H3. The maximum atomic E-state index is 2.46. The molecule has 0 unspecified atom stereocenters. The first-order chi connectivity index (χ1) is 14.8. The Labute approximate surface area is 186 Å². The van der Waals surface area contributed by atoms with Gasteiger partial charge in [0.1, 0.15) is 0 Å². The number of hydrogen-bond donors (Lipinski definition) is 0. The average Bonchev–Trinajstić information content (AvgIpc) is 2.81. The predicted molar refractivity (Wildman–Crippen MR) is 133 cm³/mol. The van der Waals surface area contributed by atoms with E-state index in [0.29, 0.717) is 0 Å². The maximum Gasteiger partial charge on any atom is -0.0184 e. The lowest BCUT2D eigenvalue weighted by molar-refractivity contribution is 0.381. The van der Waals surface area contributed by atoms with Crippen molar-refractivity contribution < 1.29 is 0 Å². The molecule has 0 amide bonds. The van der Waals surface area contributed by atoms with Crippen molar-refractivity contribution in [2.45, 2.75) is 103 Å². The van der Waals surface area contributed by atoms with Gasteiger partial charge in [0, 0.05) is 0 Å². The van der Waals surface area contributed by atoms with E-state index in [4.69, 9.17) is 0 Å². The molecule has 2 aromatic rings. The summed E-state index contributed by atoms with van der Waals surface area (Å²) in [6, 6.07) is 18.6. The van der Waals surface area contributed by atoms with Crippen molar-refractivity contribution in [2.75, 3.05) is 0 Å². The molecule has 0 aliphatic heterocycles. The highest BCUT2D eigenvalue weighted by atomic mass is 14.2. The van der Waals surface area contributed by atoms with E-state index in [1.807, 2.05) is 0 Å². The van der Waals surface area contributed by atoms with Gasteiger partial charge in [-0.3, -0.25) is 0 Å². The van der Waals surface area contributed by atoms with Crippen molar-refractivity contribution in [3.63, 3.8) is 0 Å². The highest BCUT2D eigenvalue weighted by Gasteiger charge is 2.13. The maximum absolute atomic E-state index is 2.46. The Morgan fingerprint density at radius 1 is 0.600 bits per heavy atom. The lowest BCUT2D eigenvalue weighted by Crippen LogP contribution is -2.07. The quantitative estimate of drug-likeness (QED) is 0.292. The summed E-state index contributed by atoms with van der Waals surface area (Å²) in [5.41, 5.74) is 5.69. The van der Waals surface area contributed by atoms with Crippen LogP contribution in [0, 0.1) is 12.3 Å². The number of aryl methyl sites for hydroxylation is 2. The van der Waals surface area contributed by atoms with Crippen LogP contribution in [0.3, 0.4) is 0 Å². The molecule has 1 saturated carbocycles. The van der Waals surface area contributed by atoms with Crippen LogP contribution < -0.4 is 0 Å². The SMILES string of the molecule is CCCCCCCCCCc1ccc(-c2ccc(CCC3CC[CH]CC3)cc2)cc1. The summed E-state index contributed by atoms with van der Waals surface area (Å²) in [5, 5.41) is 0. The van der Waals surface area contributed by atoms with Gasteiger partial charge in [0.15, 0.2) is 0 Å². The minimum absolute atomic E-state index is 0.947. The molecule has 0 bridgehead atoms. The van der Waals surface area contributed by atoms with Crippen LogP contribution in [0.2, 0.25) is 0 Å². The third-order valence-electron chi connectivity index (χ3n) is 6.96. The normalized spacial score (nSPS) is 14.8. The van der Waals surface area contributed by atoms with Gasteiger partial charge in [0.2, 0.25) is 0 Å². The van der Waals surface area contributed by atoms with Crippen LogP contribution in [0.5, 0.6) is 0 Å². The summed E-state index contributed by atoms with van der Waals surface area (Å²) in [4.78, 5) is 0. The molecule has 0 atom stereocenters. The lowest BCUT2D eigenvalue weighted by Gasteiger charge is -2.21. The van der Waals surface area contributed by atoms with E-state index < -0.39 is 0 Å². The molecular weight excluding hydrogens is 360 g/mol. The molecule has 1 radical (unpaired) electrons. The van der Waals surface area contributed by atoms with E-state index in [2.05, 4.69) is 61.9 Å². The molecule has 1 aliphatic carbocycles. The van der Waals surface area contributed by atoms with Gasteiger partial charge in [-0.25, -0.2) is 0 Å². The minimum Gasteiger partial charge on any atom is -0.0654 e. The Kier molecular flexibility index (Phi) is 10.5. The van der Waals surface area contributed by atoms with Gasteiger partial charge in [0.05, 0.1) is 0 Å². The largest absolute Gasteiger partial charge is 0.0654 e. The molecule has 0 heterocycles. The van der Waals surface area contributed by atoms with E-state index in [1.54, 1.807) is 0 Å². The van der Waals surface area contributed by atoms with Crippen LogP contribution in [0.15, 0.2) is 48.5 Å². The van der Waals surface area contributed by atoms with Crippen molar-refractivity contribution in [3.05, 3.63) is 66.1 Å². The third kappa shape index (κ3) is 8.29. The summed E-state index contributed by atoms with van der Waals surface area (Å²) in [6.07, 6.45) is 22.9. The van der Waals surface area contributed by atoms with Crippen LogP contribution in [0.4, 0.5) is 0 Å². The highest BCUT2D eigenvalue weighted by Crippen LogP contribution is 2.27. The average molecular weight is 404 g/mol. The first-order valence-corrected chi connectivity index (χ1v) is 12.8. The van der Waals surface area contributed by atoms with Crippen LogP contribution in [0.1, 0.15) is 102 Å². The summed E-state index contributed by atoms with van der Waals surface area (Å²) in [7, 11) is 0. The smallest absolute Gasteiger partial charge is 0.0184 e. The van der Waals surface area contributed by atoms with Gasteiger partial charge in [-0.2, -0.15) is 0 Å². The molecule has 1 aliphatic rings. The van der Waals surface area contributed by atoms with Crippen molar-refractivity contribution in [2.24, 2.45) is 5.92 Å². The van der Waals surface area contributed by atoms with Crippen LogP contribution in [0.25, 0.3) is 11.1 Å². The number of hydrogen-bond acceptors (Lipinski definition) is 0. The van der Waals surface area contributed by atoms with Gasteiger partial charge in [-0.15, -0.1) is 0 Å². The molecule has 3 rings (SSSR count). The van der Waals surface area contributed by atoms with Crippen molar-refractivity contribution in [1.82, 2.24) is 0 Å². The van der Waals surface area contributed by atoms with E-state index in [9.17, 15) is 0 Å². The first-order valence-electron chi connectivity index (χ1n) is 12.8.